The van der Waals surface area contributed by atoms with Gasteiger partial charge in [0.05, 0.1) is 17.9 Å². The molecule has 4 N–H and O–H groups in total. The summed E-state index contributed by atoms with van der Waals surface area (Å²) >= 11 is 0. The molecule has 0 saturated carbocycles. The summed E-state index contributed by atoms with van der Waals surface area (Å²) in [6, 6.07) is 0. The van der Waals surface area contributed by atoms with Crippen LogP contribution in [-0.4, -0.2) is 70.6 Å². The molecule has 1 aromatic rings. The van der Waals surface area contributed by atoms with Crippen LogP contribution in [0.4, 0.5) is 5.82 Å². The Morgan fingerprint density at radius 2 is 1.90 bits per heavy atom. The van der Waals surface area contributed by atoms with Gasteiger partial charge >= 0.3 is 0 Å². The summed E-state index contributed by atoms with van der Waals surface area (Å²) < 4.78 is 0. The zero-order chi connectivity index (χ0) is 15.4. The second kappa shape index (κ2) is 6.68. The highest BCUT2D eigenvalue weighted by molar-refractivity contribution is 6.02. The van der Waals surface area contributed by atoms with Crippen LogP contribution in [0.1, 0.15) is 16.8 Å². The molecule has 1 fully saturated rings. The minimum Gasteiger partial charge on any atom is -0.409 e. The van der Waals surface area contributed by atoms with Crippen molar-refractivity contribution in [1.29, 1.82) is 0 Å². The zero-order valence-electron chi connectivity index (χ0n) is 12.5. The molecule has 0 atom stereocenters. The molecule has 0 spiro atoms. The summed E-state index contributed by atoms with van der Waals surface area (Å²) in [5.74, 6) is 0.704. The first-order valence-electron chi connectivity index (χ1n) is 6.98. The van der Waals surface area contributed by atoms with Gasteiger partial charge in [0.15, 0.2) is 11.7 Å². The molecule has 0 aliphatic carbocycles. The van der Waals surface area contributed by atoms with Crippen LogP contribution in [-0.2, 0) is 0 Å². The second-order valence-electron chi connectivity index (χ2n) is 5.15. The molecule has 1 aliphatic heterocycles. The third-order valence-corrected chi connectivity index (χ3v) is 3.89. The van der Waals surface area contributed by atoms with E-state index < -0.39 is 0 Å². The lowest BCUT2D eigenvalue weighted by atomic mass is 10.1. The van der Waals surface area contributed by atoms with Crippen molar-refractivity contribution in [1.82, 2.24) is 15.1 Å². The highest BCUT2D eigenvalue weighted by atomic mass is 16.4. The Morgan fingerprint density at radius 1 is 1.24 bits per heavy atom. The second-order valence-corrected chi connectivity index (χ2v) is 5.15. The summed E-state index contributed by atoms with van der Waals surface area (Å²) in [4.78, 5) is 4.27. The molecule has 21 heavy (non-hydrogen) atoms. The van der Waals surface area contributed by atoms with Gasteiger partial charge in [-0.2, -0.15) is 5.10 Å². The maximum Gasteiger partial charge on any atom is 0.174 e. The number of aromatic nitrogens is 2. The molecule has 1 aliphatic rings. The van der Waals surface area contributed by atoms with E-state index in [1.165, 1.54) is 0 Å². The number of hydrogen-bond acceptors (Lipinski definition) is 7. The molecule has 0 aromatic carbocycles. The molecule has 0 radical (unpaired) electrons. The number of nitrogens with two attached hydrogens (primary N) is 1. The molecule has 0 bridgehead atoms. The summed E-state index contributed by atoms with van der Waals surface area (Å²) in [6.45, 7) is 7.79. The highest BCUT2D eigenvalue weighted by Crippen LogP contribution is 2.23. The number of rotatable bonds is 4. The first-order valence-corrected chi connectivity index (χ1v) is 6.98. The first kappa shape index (κ1) is 15.5. The van der Waals surface area contributed by atoms with Gasteiger partial charge in [0.1, 0.15) is 0 Å². The number of piperazine rings is 1. The Hall–Kier alpha value is -1.93. The average Bonchev–Trinajstić information content (AvgIpc) is 2.50. The Morgan fingerprint density at radius 3 is 2.48 bits per heavy atom. The van der Waals surface area contributed by atoms with Gasteiger partial charge in [0, 0.05) is 32.7 Å². The van der Waals surface area contributed by atoms with E-state index in [9.17, 15) is 0 Å². The Labute approximate surface area is 123 Å². The minimum absolute atomic E-state index is 0.0540. The standard InChI is InChI=1S/C13H22N6O2/c1-9-10(2)15-16-13(11(9)12(14)17-21)19-5-3-18(4-6-19)7-8-20/h20-21H,3-8H2,1-2H3,(H2,14,17). The van der Waals surface area contributed by atoms with Crippen molar-refractivity contribution in [3.8, 4) is 0 Å². The monoisotopic (exact) mass is 294 g/mol. The van der Waals surface area contributed by atoms with Gasteiger partial charge in [-0.15, -0.1) is 5.10 Å². The maximum atomic E-state index is 9.00. The van der Waals surface area contributed by atoms with Crippen molar-refractivity contribution in [2.45, 2.75) is 13.8 Å². The van der Waals surface area contributed by atoms with E-state index in [0.29, 0.717) is 17.9 Å². The molecule has 1 saturated heterocycles. The minimum atomic E-state index is 0.0540. The summed E-state index contributed by atoms with van der Waals surface area (Å²) in [5, 5.41) is 29.5. The fourth-order valence-corrected chi connectivity index (χ4v) is 2.50. The molecule has 0 unspecified atom stereocenters. The van der Waals surface area contributed by atoms with Gasteiger partial charge in [-0.25, -0.2) is 0 Å². The average molecular weight is 294 g/mol. The lowest BCUT2D eigenvalue weighted by Crippen LogP contribution is -2.48. The number of amidine groups is 1. The van der Waals surface area contributed by atoms with Crippen LogP contribution >= 0.6 is 0 Å². The molecule has 0 amide bonds. The topological polar surface area (TPSA) is 111 Å². The largest absolute Gasteiger partial charge is 0.409 e. The van der Waals surface area contributed by atoms with E-state index in [4.69, 9.17) is 16.0 Å². The Bertz CT molecular complexity index is 526. The van der Waals surface area contributed by atoms with Crippen LogP contribution in [0.5, 0.6) is 0 Å². The number of aliphatic hydroxyl groups is 1. The van der Waals surface area contributed by atoms with Gasteiger partial charge < -0.3 is 20.9 Å². The van der Waals surface area contributed by atoms with Crippen molar-refractivity contribution in [2.24, 2.45) is 10.9 Å². The number of β-amino-alcohol motifs (C(OH)–C–C–N with tert-alkyl or cyclic N) is 1. The molecule has 2 rings (SSSR count). The first-order chi connectivity index (χ1) is 10.1. The molecular formula is C13H22N6O2. The predicted octanol–water partition coefficient (Wildman–Crippen LogP) is -0.698. The van der Waals surface area contributed by atoms with E-state index in [-0.39, 0.29) is 12.4 Å². The van der Waals surface area contributed by atoms with Gasteiger partial charge in [0.25, 0.3) is 0 Å². The van der Waals surface area contributed by atoms with Crippen molar-refractivity contribution >= 4 is 11.7 Å². The molecule has 1 aromatic heterocycles. The van der Waals surface area contributed by atoms with Gasteiger partial charge in [-0.3, -0.25) is 4.90 Å². The fourth-order valence-electron chi connectivity index (χ4n) is 2.50. The normalized spacial score (nSPS) is 17.3. The quantitative estimate of drug-likeness (QED) is 0.291. The highest BCUT2D eigenvalue weighted by Gasteiger charge is 2.23. The number of anilines is 1. The molecule has 2 heterocycles. The van der Waals surface area contributed by atoms with Crippen molar-refractivity contribution in [3.05, 3.63) is 16.8 Å². The molecular weight excluding hydrogens is 272 g/mol. The van der Waals surface area contributed by atoms with Crippen LogP contribution in [0, 0.1) is 13.8 Å². The number of nitrogens with zero attached hydrogens (tertiary/aromatic N) is 5. The summed E-state index contributed by atoms with van der Waals surface area (Å²) in [6.07, 6.45) is 0. The SMILES string of the molecule is Cc1nnc(N2CCN(CCO)CC2)c(/C(N)=N/O)c1C. The molecule has 116 valence electrons. The zero-order valence-corrected chi connectivity index (χ0v) is 12.5. The van der Waals surface area contributed by atoms with Crippen LogP contribution in [0.3, 0.4) is 0 Å². The van der Waals surface area contributed by atoms with E-state index in [0.717, 1.165) is 37.4 Å². The third-order valence-electron chi connectivity index (χ3n) is 3.89. The number of oxime groups is 1. The summed E-state index contributed by atoms with van der Waals surface area (Å²) in [5.41, 5.74) is 8.08. The van der Waals surface area contributed by atoms with E-state index in [1.807, 2.05) is 13.8 Å². The molecule has 8 nitrogen and oxygen atoms in total. The summed E-state index contributed by atoms with van der Waals surface area (Å²) in [7, 11) is 0. The van der Waals surface area contributed by atoms with Crippen LogP contribution in [0.15, 0.2) is 5.16 Å². The number of aliphatic hydroxyl groups excluding tert-OH is 1. The third kappa shape index (κ3) is 3.22. The van der Waals surface area contributed by atoms with Crippen LogP contribution in [0.25, 0.3) is 0 Å². The Kier molecular flexibility index (Phi) is 4.92. The Balaban J connectivity index is 2.27. The fraction of sp³-hybridized carbons (Fsp3) is 0.615. The van der Waals surface area contributed by atoms with E-state index >= 15 is 0 Å². The van der Waals surface area contributed by atoms with Gasteiger partial charge in [-0.1, -0.05) is 5.16 Å². The van der Waals surface area contributed by atoms with Crippen LogP contribution in [0.2, 0.25) is 0 Å². The lowest BCUT2D eigenvalue weighted by molar-refractivity contribution is 0.188. The van der Waals surface area contributed by atoms with Crippen molar-refractivity contribution in [2.75, 3.05) is 44.2 Å². The van der Waals surface area contributed by atoms with E-state index in [1.54, 1.807) is 0 Å². The predicted molar refractivity (Wildman–Crippen MR) is 79.8 cm³/mol. The van der Waals surface area contributed by atoms with Gasteiger partial charge in [-0.05, 0) is 19.4 Å². The smallest absolute Gasteiger partial charge is 0.174 e. The van der Waals surface area contributed by atoms with Crippen molar-refractivity contribution in [3.63, 3.8) is 0 Å². The van der Waals surface area contributed by atoms with Crippen molar-refractivity contribution < 1.29 is 10.3 Å². The van der Waals surface area contributed by atoms with Gasteiger partial charge in [0.2, 0.25) is 0 Å². The number of aryl methyl sites for hydroxylation is 1. The lowest BCUT2D eigenvalue weighted by Gasteiger charge is -2.35. The number of hydrogen-bond donors (Lipinski definition) is 3. The van der Waals surface area contributed by atoms with E-state index in [2.05, 4.69) is 25.2 Å². The maximum absolute atomic E-state index is 9.00. The van der Waals surface area contributed by atoms with Crippen LogP contribution < -0.4 is 10.6 Å². The molecule has 8 heteroatoms.